The fraction of sp³-hybridized carbons (Fsp3) is 0. The zero-order valence-corrected chi connectivity index (χ0v) is 24.7. The Kier molecular flexibility index (Phi) is 8.48. The van der Waals surface area contributed by atoms with Crippen molar-refractivity contribution in [3.05, 3.63) is 152 Å². The van der Waals surface area contributed by atoms with Crippen LogP contribution in [-0.2, 0) is 24.7 Å². The minimum Gasteiger partial charge on any atom is -0.434 e. The van der Waals surface area contributed by atoms with E-state index >= 15 is 0 Å². The first-order chi connectivity index (χ1) is 19.2. The van der Waals surface area contributed by atoms with Crippen LogP contribution in [-0.4, -0.2) is 9.97 Å². The summed E-state index contributed by atoms with van der Waals surface area (Å²) in [4.78, 5) is 13.0. The van der Waals surface area contributed by atoms with Crippen molar-refractivity contribution in [3.63, 3.8) is 0 Å². The van der Waals surface area contributed by atoms with E-state index in [0.29, 0.717) is 5.82 Å². The predicted molar refractivity (Wildman–Crippen MR) is 160 cm³/mol. The first-order valence-electron chi connectivity index (χ1n) is 12.6. The molecule has 5 aromatic carbocycles. The average Bonchev–Trinajstić information content (AvgIpc) is 3.47. The molecule has 2 aromatic heterocycles. The quantitative estimate of drug-likeness (QED) is 0.154. The van der Waals surface area contributed by atoms with Crippen LogP contribution >= 0.6 is 7.14 Å². The van der Waals surface area contributed by atoms with E-state index in [2.05, 4.69) is 21.0 Å². The molecule has 0 aliphatic carbocycles. The van der Waals surface area contributed by atoms with E-state index in [1.807, 2.05) is 140 Å². The summed E-state index contributed by atoms with van der Waals surface area (Å²) in [5, 5.41) is 4.61. The predicted octanol–water partition coefficient (Wildman–Crippen LogP) is 6.53. The van der Waals surface area contributed by atoms with Crippen molar-refractivity contribution in [3.8, 4) is 11.5 Å². The summed E-state index contributed by atoms with van der Waals surface area (Å²) in [7, 11) is -2.94. The van der Waals surface area contributed by atoms with Crippen LogP contribution in [0.25, 0.3) is 33.3 Å². The number of nitrogens with zero attached hydrogens (tertiary/aromatic N) is 3. The number of hydrogen-bond donors (Lipinski definition) is 0. The third-order valence-corrected chi connectivity index (χ3v) is 9.46. The molecule has 40 heavy (non-hydrogen) atoms. The smallest absolute Gasteiger partial charge is 0.147 e. The van der Waals surface area contributed by atoms with Crippen LogP contribution in [0.4, 0.5) is 0 Å². The van der Waals surface area contributed by atoms with Gasteiger partial charge in [0, 0.05) is 36.9 Å². The Morgan fingerprint density at radius 3 is 1.90 bits per heavy atom. The van der Waals surface area contributed by atoms with Gasteiger partial charge in [0.15, 0.2) is 0 Å². The molecule has 0 aliphatic rings. The molecule has 0 spiro atoms. The van der Waals surface area contributed by atoms with Crippen LogP contribution in [0.1, 0.15) is 0 Å². The molecular weight excluding hydrogens is 690 g/mol. The van der Waals surface area contributed by atoms with Crippen molar-refractivity contribution >= 4 is 44.9 Å². The van der Waals surface area contributed by atoms with Gasteiger partial charge in [0.05, 0.1) is 5.69 Å². The third kappa shape index (κ3) is 5.59. The van der Waals surface area contributed by atoms with Gasteiger partial charge in [-0.15, -0.1) is 16.8 Å². The summed E-state index contributed by atoms with van der Waals surface area (Å²) in [6.07, 6.45) is 1.75. The number of pyridine rings is 1. The zero-order valence-electron chi connectivity index (χ0n) is 21.4. The molecule has 2 heterocycles. The van der Waals surface area contributed by atoms with Crippen molar-refractivity contribution < 1.29 is 24.7 Å². The average molecular weight is 714 g/mol. The standard InChI is InChI=1S/C22H16OP.C12H8N3.Ir/c23-24(20-11-3-1-4-12-20,21-13-5-2-6-14-21)22-16-15-18-9-7-8-10-19(18)17-22;1-2-6-10-9(5-1)14-12(15-10)11-7-3-4-8-13-11;/h1-15,17H;1-8H;/q2*-1;. The molecule has 7 rings (SSSR count). The summed E-state index contributed by atoms with van der Waals surface area (Å²) < 4.78 is 14.2. The van der Waals surface area contributed by atoms with Crippen LogP contribution in [0.5, 0.6) is 0 Å². The van der Waals surface area contributed by atoms with Crippen molar-refractivity contribution in [2.75, 3.05) is 0 Å². The van der Waals surface area contributed by atoms with Crippen molar-refractivity contribution in [1.82, 2.24) is 15.0 Å². The molecule has 0 N–H and O–H groups in total. The van der Waals surface area contributed by atoms with E-state index in [1.54, 1.807) is 6.20 Å². The molecule has 0 fully saturated rings. The van der Waals surface area contributed by atoms with Crippen LogP contribution in [0.3, 0.4) is 0 Å². The Hall–Kier alpha value is -4.14. The minimum atomic E-state index is -2.94. The Labute approximate surface area is 246 Å². The second kappa shape index (κ2) is 12.4. The van der Waals surface area contributed by atoms with Crippen molar-refractivity contribution in [2.45, 2.75) is 0 Å². The number of rotatable bonds is 4. The molecule has 1 radical (unpaired) electrons. The Balaban J connectivity index is 0.000000174. The molecule has 0 unspecified atom stereocenters. The zero-order chi connectivity index (χ0) is 26.5. The van der Waals surface area contributed by atoms with Crippen LogP contribution in [0, 0.1) is 6.07 Å². The van der Waals surface area contributed by atoms with E-state index in [1.165, 1.54) is 0 Å². The van der Waals surface area contributed by atoms with Gasteiger partial charge in [-0.25, -0.2) is 0 Å². The molecule has 0 saturated heterocycles. The number of imidazole rings is 1. The molecule has 4 nitrogen and oxygen atoms in total. The summed E-state index contributed by atoms with van der Waals surface area (Å²) in [6.45, 7) is 0. The summed E-state index contributed by atoms with van der Waals surface area (Å²) in [6, 6.07) is 48.3. The van der Waals surface area contributed by atoms with E-state index < -0.39 is 7.14 Å². The second-order valence-electron chi connectivity index (χ2n) is 8.98. The van der Waals surface area contributed by atoms with Gasteiger partial charge < -0.3 is 14.5 Å². The molecular formula is C34H24IrN3OP-2. The Morgan fingerprint density at radius 1 is 0.650 bits per heavy atom. The van der Waals surface area contributed by atoms with E-state index in [0.717, 1.165) is 43.4 Å². The maximum Gasteiger partial charge on any atom is 0.147 e. The number of benzene rings is 5. The topological polar surface area (TPSA) is 57.0 Å². The first kappa shape index (κ1) is 27.4. The van der Waals surface area contributed by atoms with Gasteiger partial charge in [-0.2, -0.15) is 18.2 Å². The summed E-state index contributed by atoms with van der Waals surface area (Å²) in [5.74, 6) is 0.691. The first-order valence-corrected chi connectivity index (χ1v) is 14.4. The molecule has 6 heteroatoms. The Bertz CT molecular complexity index is 1810. The van der Waals surface area contributed by atoms with E-state index in [4.69, 9.17) is 0 Å². The maximum absolute atomic E-state index is 14.2. The van der Waals surface area contributed by atoms with Crippen LogP contribution in [0.2, 0.25) is 0 Å². The van der Waals surface area contributed by atoms with Gasteiger partial charge >= 0.3 is 0 Å². The van der Waals surface area contributed by atoms with Crippen molar-refractivity contribution in [1.29, 1.82) is 0 Å². The molecule has 0 amide bonds. The summed E-state index contributed by atoms with van der Waals surface area (Å²) in [5.41, 5.74) is 2.64. The summed E-state index contributed by atoms with van der Waals surface area (Å²) >= 11 is 0. The van der Waals surface area contributed by atoms with Crippen LogP contribution < -0.4 is 20.9 Å². The van der Waals surface area contributed by atoms with Gasteiger partial charge in [-0.1, -0.05) is 114 Å². The largest absolute Gasteiger partial charge is 0.434 e. The van der Waals surface area contributed by atoms with Gasteiger partial charge in [0.2, 0.25) is 0 Å². The van der Waals surface area contributed by atoms with Gasteiger partial charge in [0.1, 0.15) is 7.14 Å². The van der Waals surface area contributed by atoms with Crippen molar-refractivity contribution in [2.24, 2.45) is 0 Å². The number of para-hydroxylation sites is 2. The maximum atomic E-state index is 14.2. The molecule has 0 aliphatic heterocycles. The van der Waals surface area contributed by atoms with Crippen LogP contribution in [0.15, 0.2) is 146 Å². The minimum absolute atomic E-state index is 0. The fourth-order valence-electron chi connectivity index (χ4n) is 4.52. The Morgan fingerprint density at radius 2 is 1.25 bits per heavy atom. The number of fused-ring (bicyclic) bond motifs is 2. The molecule has 197 valence electrons. The third-order valence-electron chi connectivity index (χ3n) is 6.47. The molecule has 7 aromatic rings. The number of aromatic nitrogens is 3. The van der Waals surface area contributed by atoms with Gasteiger partial charge in [0.25, 0.3) is 0 Å². The van der Waals surface area contributed by atoms with E-state index in [-0.39, 0.29) is 20.1 Å². The fourth-order valence-corrected chi connectivity index (χ4v) is 7.12. The molecule has 0 saturated carbocycles. The molecule has 0 bridgehead atoms. The van der Waals surface area contributed by atoms with Gasteiger partial charge in [-0.3, -0.25) is 4.98 Å². The van der Waals surface area contributed by atoms with Gasteiger partial charge in [-0.05, 0) is 29.0 Å². The second-order valence-corrected chi connectivity index (χ2v) is 11.7. The molecule has 0 atom stereocenters. The normalized spacial score (nSPS) is 10.9. The van der Waals surface area contributed by atoms with E-state index in [9.17, 15) is 4.57 Å². The number of hydrogen-bond acceptors (Lipinski definition) is 3. The SMILES string of the molecule is O=P(c1[c-]cc2ccccc2c1)(c1ccccc1)c1ccccc1.[Ir].c1ccc(-c2nc3ccccc3[n-]2)nc1. The monoisotopic (exact) mass is 714 g/mol.